The van der Waals surface area contributed by atoms with Gasteiger partial charge in [-0.1, -0.05) is 49.4 Å². The molecule has 146 valence electrons. The monoisotopic (exact) mass is 388 g/mol. The Kier molecular flexibility index (Phi) is 7.42. The minimum absolute atomic E-state index is 0.298. The summed E-state index contributed by atoms with van der Waals surface area (Å²) >= 11 is 0. The van der Waals surface area contributed by atoms with Crippen molar-refractivity contribution < 1.29 is 13.2 Å². The average Bonchev–Trinajstić information content (AvgIpc) is 2.65. The molecule has 0 unspecified atom stereocenters. The van der Waals surface area contributed by atoms with Gasteiger partial charge in [-0.15, -0.1) is 0 Å². The summed E-state index contributed by atoms with van der Waals surface area (Å²) in [5.41, 5.74) is 2.83. The zero-order valence-electron chi connectivity index (χ0n) is 16.2. The third-order valence-corrected chi connectivity index (χ3v) is 5.71. The zero-order chi connectivity index (χ0) is 19.9. The van der Waals surface area contributed by atoms with Crippen LogP contribution in [0.1, 0.15) is 31.4 Å². The Hall–Kier alpha value is -2.34. The van der Waals surface area contributed by atoms with Gasteiger partial charge < -0.3 is 5.32 Å². The number of nitrogens with one attached hydrogen (secondary N) is 1. The number of hydrogen-bond acceptors (Lipinski definition) is 3. The van der Waals surface area contributed by atoms with Crippen LogP contribution in [0.4, 0.5) is 5.69 Å². The lowest BCUT2D eigenvalue weighted by molar-refractivity contribution is -0.121. The van der Waals surface area contributed by atoms with Crippen LogP contribution in [-0.2, 0) is 27.7 Å². The van der Waals surface area contributed by atoms with Gasteiger partial charge in [0, 0.05) is 6.54 Å². The van der Waals surface area contributed by atoms with Crippen molar-refractivity contribution >= 4 is 21.6 Å². The Morgan fingerprint density at radius 3 is 2.22 bits per heavy atom. The number of amides is 1. The van der Waals surface area contributed by atoms with Gasteiger partial charge in [-0.25, -0.2) is 8.42 Å². The SMILES string of the molecule is CCc1ccc(N([C@H](C)C(=O)NCCCc2ccccc2)S(C)(=O)=O)cc1. The van der Waals surface area contributed by atoms with Crippen LogP contribution in [-0.4, -0.2) is 33.2 Å². The van der Waals surface area contributed by atoms with Crippen molar-refractivity contribution in [3.8, 4) is 0 Å². The Bertz CT molecular complexity index is 833. The molecular weight excluding hydrogens is 360 g/mol. The van der Waals surface area contributed by atoms with Crippen molar-refractivity contribution in [1.82, 2.24) is 5.32 Å². The molecule has 2 aromatic carbocycles. The molecule has 0 aromatic heterocycles. The van der Waals surface area contributed by atoms with E-state index in [0.717, 1.165) is 31.1 Å². The fraction of sp³-hybridized carbons (Fsp3) is 0.381. The van der Waals surface area contributed by atoms with E-state index in [-0.39, 0.29) is 5.91 Å². The molecular formula is C21H28N2O3S. The van der Waals surface area contributed by atoms with E-state index in [2.05, 4.69) is 17.4 Å². The van der Waals surface area contributed by atoms with Gasteiger partial charge in [0.05, 0.1) is 11.9 Å². The highest BCUT2D eigenvalue weighted by Crippen LogP contribution is 2.21. The molecule has 6 heteroatoms. The van der Waals surface area contributed by atoms with Gasteiger partial charge in [0.25, 0.3) is 0 Å². The highest BCUT2D eigenvalue weighted by Gasteiger charge is 2.28. The first-order chi connectivity index (χ1) is 12.8. The van der Waals surface area contributed by atoms with Crippen molar-refractivity contribution in [2.45, 2.75) is 39.2 Å². The Labute approximate surface area is 162 Å². The van der Waals surface area contributed by atoms with Crippen LogP contribution >= 0.6 is 0 Å². The molecule has 0 aliphatic rings. The molecule has 0 bridgehead atoms. The molecule has 5 nitrogen and oxygen atoms in total. The third-order valence-electron chi connectivity index (χ3n) is 4.47. The van der Waals surface area contributed by atoms with E-state index in [1.54, 1.807) is 19.1 Å². The second kappa shape index (κ2) is 9.55. The van der Waals surface area contributed by atoms with Gasteiger partial charge in [0.2, 0.25) is 15.9 Å². The summed E-state index contributed by atoms with van der Waals surface area (Å²) in [4.78, 5) is 12.5. The number of carbonyl (C=O) groups is 1. The molecule has 0 saturated carbocycles. The molecule has 0 spiro atoms. The van der Waals surface area contributed by atoms with Gasteiger partial charge in [-0.05, 0) is 49.4 Å². The van der Waals surface area contributed by atoms with E-state index in [9.17, 15) is 13.2 Å². The lowest BCUT2D eigenvalue weighted by Crippen LogP contribution is -2.48. The lowest BCUT2D eigenvalue weighted by Gasteiger charge is -2.28. The van der Waals surface area contributed by atoms with Crippen LogP contribution < -0.4 is 9.62 Å². The van der Waals surface area contributed by atoms with Crippen LogP contribution in [0, 0.1) is 0 Å². The van der Waals surface area contributed by atoms with Crippen LogP contribution in [0.5, 0.6) is 0 Å². The maximum Gasteiger partial charge on any atom is 0.243 e. The highest BCUT2D eigenvalue weighted by atomic mass is 32.2. The molecule has 2 aromatic rings. The molecule has 2 rings (SSSR count). The number of sulfonamides is 1. The maximum atomic E-state index is 12.5. The van der Waals surface area contributed by atoms with Gasteiger partial charge in [-0.3, -0.25) is 9.10 Å². The lowest BCUT2D eigenvalue weighted by atomic mass is 10.1. The van der Waals surface area contributed by atoms with Gasteiger partial charge in [0.1, 0.15) is 6.04 Å². The second-order valence-corrected chi connectivity index (χ2v) is 8.49. The number of anilines is 1. The van der Waals surface area contributed by atoms with E-state index in [1.165, 1.54) is 9.87 Å². The molecule has 0 aliphatic carbocycles. The van der Waals surface area contributed by atoms with Crippen LogP contribution in [0.15, 0.2) is 54.6 Å². The van der Waals surface area contributed by atoms with Crippen molar-refractivity contribution in [1.29, 1.82) is 0 Å². The number of nitrogens with zero attached hydrogens (tertiary/aromatic N) is 1. The Balaban J connectivity index is 1.99. The number of hydrogen-bond donors (Lipinski definition) is 1. The maximum absolute atomic E-state index is 12.5. The van der Waals surface area contributed by atoms with Crippen LogP contribution in [0.3, 0.4) is 0 Å². The van der Waals surface area contributed by atoms with Gasteiger partial charge >= 0.3 is 0 Å². The quantitative estimate of drug-likeness (QED) is 0.671. The molecule has 0 fully saturated rings. The molecule has 0 saturated heterocycles. The van der Waals surface area contributed by atoms with Gasteiger partial charge in [0.15, 0.2) is 0 Å². The fourth-order valence-electron chi connectivity index (χ4n) is 2.98. The first kappa shape index (κ1) is 21.0. The van der Waals surface area contributed by atoms with Crippen molar-refractivity contribution in [2.75, 3.05) is 17.1 Å². The topological polar surface area (TPSA) is 66.5 Å². The molecule has 0 radical (unpaired) electrons. The fourth-order valence-corrected chi connectivity index (χ4v) is 4.16. The van der Waals surface area contributed by atoms with Crippen molar-refractivity contribution in [3.05, 3.63) is 65.7 Å². The zero-order valence-corrected chi connectivity index (χ0v) is 17.0. The number of aryl methyl sites for hydroxylation is 2. The molecule has 0 aliphatic heterocycles. The number of benzene rings is 2. The van der Waals surface area contributed by atoms with Gasteiger partial charge in [-0.2, -0.15) is 0 Å². The van der Waals surface area contributed by atoms with Crippen LogP contribution in [0.25, 0.3) is 0 Å². The minimum Gasteiger partial charge on any atom is -0.354 e. The van der Waals surface area contributed by atoms with E-state index >= 15 is 0 Å². The molecule has 0 heterocycles. The predicted molar refractivity (Wildman–Crippen MR) is 110 cm³/mol. The molecule has 27 heavy (non-hydrogen) atoms. The molecule has 1 atom stereocenters. The summed E-state index contributed by atoms with van der Waals surface area (Å²) in [5.74, 6) is -0.298. The van der Waals surface area contributed by atoms with Crippen LogP contribution in [0.2, 0.25) is 0 Å². The normalized spacial score (nSPS) is 12.4. The smallest absolute Gasteiger partial charge is 0.243 e. The summed E-state index contributed by atoms with van der Waals surface area (Å²) in [5, 5.41) is 2.85. The first-order valence-electron chi connectivity index (χ1n) is 9.23. The average molecular weight is 389 g/mol. The van der Waals surface area contributed by atoms with E-state index in [1.807, 2.05) is 37.3 Å². The predicted octanol–water partition coefficient (Wildman–Crippen LogP) is 3.15. The summed E-state index contributed by atoms with van der Waals surface area (Å²) in [6.07, 6.45) is 3.66. The summed E-state index contributed by atoms with van der Waals surface area (Å²) in [6, 6.07) is 16.5. The molecule has 1 amide bonds. The number of rotatable bonds is 9. The standard InChI is InChI=1S/C21H28N2O3S/c1-4-18-12-14-20(15-13-18)23(27(3,25)26)17(2)21(24)22-16-8-11-19-9-6-5-7-10-19/h5-7,9-10,12-15,17H,4,8,11,16H2,1-3H3,(H,22,24)/t17-/m1/s1. The minimum atomic E-state index is -3.58. The Morgan fingerprint density at radius 2 is 1.67 bits per heavy atom. The third kappa shape index (κ3) is 6.10. The first-order valence-corrected chi connectivity index (χ1v) is 11.1. The summed E-state index contributed by atoms with van der Waals surface area (Å²) < 4.78 is 25.8. The largest absolute Gasteiger partial charge is 0.354 e. The van der Waals surface area contributed by atoms with E-state index in [4.69, 9.17) is 0 Å². The van der Waals surface area contributed by atoms with Crippen molar-refractivity contribution in [2.24, 2.45) is 0 Å². The Morgan fingerprint density at radius 1 is 1.04 bits per heavy atom. The highest BCUT2D eigenvalue weighted by molar-refractivity contribution is 7.92. The van der Waals surface area contributed by atoms with E-state index in [0.29, 0.717) is 12.2 Å². The summed E-state index contributed by atoms with van der Waals surface area (Å²) in [7, 11) is -3.58. The second-order valence-electron chi connectivity index (χ2n) is 6.63. The summed E-state index contributed by atoms with van der Waals surface area (Å²) in [6.45, 7) is 4.15. The number of carbonyl (C=O) groups excluding carboxylic acids is 1. The molecule has 1 N–H and O–H groups in total. The van der Waals surface area contributed by atoms with Crippen molar-refractivity contribution in [3.63, 3.8) is 0 Å². The van der Waals surface area contributed by atoms with E-state index < -0.39 is 16.1 Å².